The van der Waals surface area contributed by atoms with Gasteiger partial charge in [-0.3, -0.25) is 0 Å². The highest BCUT2D eigenvalue weighted by molar-refractivity contribution is 7.26. The highest BCUT2D eigenvalue weighted by Gasteiger charge is 2.48. The van der Waals surface area contributed by atoms with Crippen molar-refractivity contribution in [3.63, 3.8) is 0 Å². The minimum absolute atomic E-state index is 0.473. The molecule has 0 atom stereocenters. The van der Waals surface area contributed by atoms with Crippen LogP contribution in [0.4, 0.5) is 0 Å². The molecule has 0 amide bonds. The largest absolute Gasteiger partial charge is 0.208 e. The van der Waals surface area contributed by atoms with Gasteiger partial charge in [0.2, 0.25) is 0 Å². The Morgan fingerprint density at radius 1 is 0.161 bits per heavy atom. The molecule has 118 heavy (non-hydrogen) atoms. The second-order valence-corrected chi connectivity index (χ2v) is 32.3. The number of thiophene rings is 2. The minimum atomic E-state index is -0.476. The summed E-state index contributed by atoms with van der Waals surface area (Å²) in [4.78, 5) is 30.6. The Bertz CT molecular complexity index is 7280. The van der Waals surface area contributed by atoms with Crippen LogP contribution in [0.3, 0.4) is 0 Å². The van der Waals surface area contributed by atoms with Crippen LogP contribution in [0.1, 0.15) is 44.5 Å². The molecule has 6 nitrogen and oxygen atoms in total. The molecule has 23 rings (SSSR count). The standard InChI is InChI=1S/C58H37N3S.C52H33N3S/c1-4-17-38(18-5-1)40-21-14-23-42(35-40)56-59-55(39-19-6-2-7-20-39)60-57(61-56)43-24-15-22-41(36-43)46-29-16-32-53-54(46)49-37-45(33-34-52(49)62-53)58(44-25-8-3-9-26-44)50-30-12-10-27-47(50)48-28-11-13-31-51(48)58;1-4-17-34(18-5-1)49-53-50(35-19-6-2-7-20-35)55-51(54-49)42-26-11-10-23-38(42)41-27-16-30-47-48(41)43-33-37(31-32-46(43)56-47)52(36-21-8-3-9-22-36)44-28-14-12-24-39(44)40-25-13-15-29-45(40)52/h1-37H;1-33H. The van der Waals surface area contributed by atoms with Gasteiger partial charge in [-0.25, -0.2) is 29.9 Å². The smallest absolute Gasteiger partial charge is 0.164 e. The maximum Gasteiger partial charge on any atom is 0.164 e. The van der Waals surface area contributed by atoms with Crippen molar-refractivity contribution in [2.45, 2.75) is 10.8 Å². The summed E-state index contributed by atoms with van der Waals surface area (Å²) in [5, 5.41) is 5.00. The van der Waals surface area contributed by atoms with Crippen LogP contribution in [-0.2, 0) is 10.8 Å². The fourth-order valence-corrected chi connectivity index (χ4v) is 20.7. The normalized spacial score (nSPS) is 12.7. The topological polar surface area (TPSA) is 77.3 Å². The summed E-state index contributed by atoms with van der Waals surface area (Å²) in [6.45, 7) is 0. The predicted octanol–water partition coefficient (Wildman–Crippen LogP) is 28.2. The van der Waals surface area contributed by atoms with Gasteiger partial charge in [0.05, 0.1) is 10.8 Å². The van der Waals surface area contributed by atoms with E-state index in [0.717, 1.165) is 61.2 Å². The summed E-state index contributed by atoms with van der Waals surface area (Å²) in [5.74, 6) is 3.86. The lowest BCUT2D eigenvalue weighted by molar-refractivity contribution is 0.770. The molecule has 0 saturated heterocycles. The van der Waals surface area contributed by atoms with E-state index in [4.69, 9.17) is 29.9 Å². The number of hydrogen-bond acceptors (Lipinski definition) is 8. The third kappa shape index (κ3) is 11.7. The van der Waals surface area contributed by atoms with Crippen molar-refractivity contribution >= 4 is 63.0 Å². The van der Waals surface area contributed by atoms with Crippen LogP contribution in [0.5, 0.6) is 0 Å². The molecule has 0 radical (unpaired) electrons. The fraction of sp³-hybridized carbons (Fsp3) is 0.0182. The van der Waals surface area contributed by atoms with Gasteiger partial charge in [0.15, 0.2) is 34.9 Å². The lowest BCUT2D eigenvalue weighted by atomic mass is 9.67. The monoisotopic (exact) mass is 1540 g/mol. The molecule has 0 N–H and O–H groups in total. The number of benzene rings is 17. The molecule has 0 fully saturated rings. The second-order valence-electron chi connectivity index (χ2n) is 30.2. The summed E-state index contributed by atoms with van der Waals surface area (Å²) in [7, 11) is 0. The molecule has 0 saturated carbocycles. The van der Waals surface area contributed by atoms with Crippen molar-refractivity contribution in [2.24, 2.45) is 0 Å². The molecule has 2 aliphatic rings. The van der Waals surface area contributed by atoms with Crippen molar-refractivity contribution in [1.29, 1.82) is 0 Å². The van der Waals surface area contributed by atoms with Gasteiger partial charge < -0.3 is 0 Å². The third-order valence-corrected chi connectivity index (χ3v) is 25.9. The summed E-state index contributed by atoms with van der Waals surface area (Å²) in [6, 6.07) is 152. The van der Waals surface area contributed by atoms with Crippen molar-refractivity contribution in [1.82, 2.24) is 29.9 Å². The molecule has 2 aliphatic carbocycles. The highest BCUT2D eigenvalue weighted by atomic mass is 32.1. The van der Waals surface area contributed by atoms with E-state index in [1.807, 2.05) is 83.3 Å². The predicted molar refractivity (Wildman–Crippen MR) is 489 cm³/mol. The zero-order chi connectivity index (χ0) is 78.1. The third-order valence-electron chi connectivity index (χ3n) is 23.7. The van der Waals surface area contributed by atoms with Gasteiger partial charge >= 0.3 is 0 Å². The van der Waals surface area contributed by atoms with Gasteiger partial charge in [-0.2, -0.15) is 0 Å². The van der Waals surface area contributed by atoms with Gasteiger partial charge in [-0.1, -0.05) is 376 Å². The average Bonchev–Trinajstić information content (AvgIpc) is 1.54. The molecular formula is C110H70N6S2. The zero-order valence-electron chi connectivity index (χ0n) is 63.9. The van der Waals surface area contributed by atoms with E-state index >= 15 is 0 Å². The molecule has 0 bridgehead atoms. The SMILES string of the molecule is c1ccc(-c2cccc(-c3nc(-c4ccccc4)nc(-c4cccc(-c5cccc6sc7ccc(C8(c9ccccc9)c9ccccc9-c9ccccc98)cc7c56)c4)n3)c2)cc1.c1ccc(-c2nc(-c3ccccc3)nc(-c3ccccc3-c3cccc4sc5ccc(C6(c7ccccc7)c7ccccc7-c7ccccc76)cc5c34)n2)cc1. The highest BCUT2D eigenvalue weighted by Crippen LogP contribution is 2.59. The number of aromatic nitrogens is 6. The van der Waals surface area contributed by atoms with Crippen LogP contribution >= 0.6 is 22.7 Å². The van der Waals surface area contributed by atoms with Gasteiger partial charge in [0, 0.05) is 73.7 Å². The number of rotatable bonds is 13. The van der Waals surface area contributed by atoms with Crippen LogP contribution in [0.25, 0.3) is 164 Å². The second kappa shape index (κ2) is 29.2. The minimum Gasteiger partial charge on any atom is -0.208 e. The molecular weight excluding hydrogens is 1470 g/mol. The van der Waals surface area contributed by atoms with E-state index < -0.39 is 10.8 Å². The Morgan fingerprint density at radius 3 is 0.873 bits per heavy atom. The van der Waals surface area contributed by atoms with Crippen molar-refractivity contribution in [3.8, 4) is 124 Å². The molecule has 0 aliphatic heterocycles. The van der Waals surface area contributed by atoms with Crippen LogP contribution in [0, 0.1) is 0 Å². The quantitative estimate of drug-likeness (QED) is 0.114. The molecule has 8 heteroatoms. The summed E-state index contributed by atoms with van der Waals surface area (Å²) < 4.78 is 5.03. The van der Waals surface area contributed by atoms with E-state index in [2.05, 4.69) is 364 Å². The first kappa shape index (κ1) is 69.9. The first-order valence-corrected chi connectivity index (χ1v) is 41.6. The van der Waals surface area contributed by atoms with Crippen LogP contribution in [-0.4, -0.2) is 29.9 Å². The Balaban J connectivity index is 0.000000143. The van der Waals surface area contributed by atoms with Crippen molar-refractivity contribution in [2.75, 3.05) is 0 Å². The molecule has 17 aromatic carbocycles. The van der Waals surface area contributed by atoms with Gasteiger partial charge in [0.1, 0.15) is 0 Å². The van der Waals surface area contributed by atoms with Gasteiger partial charge in [0.25, 0.3) is 0 Å². The number of hydrogen-bond donors (Lipinski definition) is 0. The maximum absolute atomic E-state index is 5.18. The van der Waals surface area contributed by atoms with E-state index in [9.17, 15) is 0 Å². The van der Waals surface area contributed by atoms with Gasteiger partial charge in [-0.05, 0) is 149 Å². The zero-order valence-corrected chi connectivity index (χ0v) is 65.5. The lowest BCUT2D eigenvalue weighted by Crippen LogP contribution is -2.28. The van der Waals surface area contributed by atoms with Crippen LogP contribution < -0.4 is 0 Å². The fourth-order valence-electron chi connectivity index (χ4n) is 18.5. The maximum atomic E-state index is 5.18. The summed E-state index contributed by atoms with van der Waals surface area (Å²) >= 11 is 3.70. The van der Waals surface area contributed by atoms with E-state index in [0.29, 0.717) is 34.9 Å². The average molecular weight is 1540 g/mol. The van der Waals surface area contributed by atoms with Crippen LogP contribution in [0.15, 0.2) is 425 Å². The molecule has 4 heterocycles. The number of nitrogens with zero attached hydrogens (tertiary/aromatic N) is 6. The summed E-state index contributed by atoms with van der Waals surface area (Å²) in [6.07, 6.45) is 0. The first-order chi connectivity index (χ1) is 58.5. The molecule has 4 aromatic heterocycles. The Labute approximate surface area is 691 Å². The molecule has 0 unspecified atom stereocenters. The Hall–Kier alpha value is -14.8. The molecule has 21 aromatic rings. The van der Waals surface area contributed by atoms with Gasteiger partial charge in [-0.15, -0.1) is 22.7 Å². The molecule has 552 valence electrons. The van der Waals surface area contributed by atoms with Crippen molar-refractivity contribution < 1.29 is 0 Å². The van der Waals surface area contributed by atoms with Crippen molar-refractivity contribution in [3.05, 3.63) is 469 Å². The van der Waals surface area contributed by atoms with E-state index in [1.54, 1.807) is 0 Å². The van der Waals surface area contributed by atoms with E-state index in [1.165, 1.54) is 113 Å². The van der Waals surface area contributed by atoms with Crippen LogP contribution in [0.2, 0.25) is 0 Å². The Morgan fingerprint density at radius 2 is 0.449 bits per heavy atom. The number of fused-ring (bicyclic) bond motifs is 12. The Kier molecular flexibility index (Phi) is 17.3. The lowest BCUT2D eigenvalue weighted by Gasteiger charge is -2.34. The molecule has 0 spiro atoms. The summed E-state index contributed by atoms with van der Waals surface area (Å²) in [5.41, 5.74) is 27.0. The van der Waals surface area contributed by atoms with E-state index in [-0.39, 0.29) is 0 Å². The first-order valence-electron chi connectivity index (χ1n) is 40.0.